The maximum absolute atomic E-state index is 12.3. The monoisotopic (exact) mass is 322 g/mol. The number of carbonyl (C=O) groups is 1. The van der Waals surface area contributed by atoms with Crippen LogP contribution in [0.4, 0.5) is 5.69 Å². The zero-order valence-corrected chi connectivity index (χ0v) is 13.3. The molecule has 2 aromatic rings. The lowest BCUT2D eigenvalue weighted by atomic mass is 10.3. The average Bonchev–Trinajstić information content (AvgIpc) is 3.03. The van der Waals surface area contributed by atoms with E-state index in [2.05, 4.69) is 5.32 Å². The highest BCUT2D eigenvalue weighted by atomic mass is 32.2. The first-order chi connectivity index (χ1) is 10.5. The minimum Gasteiger partial charge on any atom is -0.459 e. The number of carbonyl (C=O) groups excluding carboxylic acids is 1. The van der Waals surface area contributed by atoms with Crippen molar-refractivity contribution in [3.8, 4) is 0 Å². The molecule has 1 N–H and O–H groups in total. The van der Waals surface area contributed by atoms with Gasteiger partial charge < -0.3 is 9.73 Å². The van der Waals surface area contributed by atoms with Gasteiger partial charge in [0, 0.05) is 18.8 Å². The van der Waals surface area contributed by atoms with E-state index in [-0.39, 0.29) is 16.6 Å². The van der Waals surface area contributed by atoms with E-state index in [0.717, 1.165) is 0 Å². The lowest BCUT2D eigenvalue weighted by Gasteiger charge is -2.18. The van der Waals surface area contributed by atoms with Crippen LogP contribution >= 0.6 is 0 Å². The fourth-order valence-electron chi connectivity index (χ4n) is 2.02. The van der Waals surface area contributed by atoms with Crippen molar-refractivity contribution in [2.24, 2.45) is 0 Å². The molecule has 6 nitrogen and oxygen atoms in total. The molecular weight excluding hydrogens is 304 g/mol. The van der Waals surface area contributed by atoms with E-state index in [0.29, 0.717) is 18.8 Å². The fourth-order valence-corrected chi connectivity index (χ4v) is 3.48. The van der Waals surface area contributed by atoms with Crippen LogP contribution in [0.5, 0.6) is 0 Å². The second-order valence-corrected chi connectivity index (χ2v) is 6.48. The first-order valence-electron chi connectivity index (χ1n) is 6.94. The number of benzene rings is 1. The van der Waals surface area contributed by atoms with Gasteiger partial charge in [0.2, 0.25) is 10.0 Å². The van der Waals surface area contributed by atoms with Gasteiger partial charge in [-0.25, -0.2) is 8.42 Å². The standard InChI is InChI=1S/C15H18N2O4S/c1-3-17(4-2)22(19,20)13-9-7-12(8-10-13)16-15(18)14-6-5-11-21-14/h5-11H,3-4H2,1-2H3,(H,16,18). The van der Waals surface area contributed by atoms with Gasteiger partial charge in [0.1, 0.15) is 0 Å². The Hall–Kier alpha value is -2.12. The molecule has 0 radical (unpaired) electrons. The highest BCUT2D eigenvalue weighted by molar-refractivity contribution is 7.89. The summed E-state index contributed by atoms with van der Waals surface area (Å²) >= 11 is 0. The van der Waals surface area contributed by atoms with Gasteiger partial charge in [-0.1, -0.05) is 13.8 Å². The summed E-state index contributed by atoms with van der Waals surface area (Å²) in [5.74, 6) is -0.191. The predicted octanol–water partition coefficient (Wildman–Crippen LogP) is 2.56. The predicted molar refractivity (Wildman–Crippen MR) is 83.2 cm³/mol. The minimum absolute atomic E-state index is 0.194. The van der Waals surface area contributed by atoms with Crippen LogP contribution in [0.15, 0.2) is 52.0 Å². The number of rotatable bonds is 6. The molecule has 1 amide bonds. The lowest BCUT2D eigenvalue weighted by molar-refractivity contribution is 0.0996. The molecule has 22 heavy (non-hydrogen) atoms. The van der Waals surface area contributed by atoms with Gasteiger partial charge >= 0.3 is 0 Å². The zero-order chi connectivity index (χ0) is 16.2. The van der Waals surface area contributed by atoms with Gasteiger partial charge in [0.25, 0.3) is 5.91 Å². The molecule has 0 unspecified atom stereocenters. The maximum Gasteiger partial charge on any atom is 0.291 e. The number of nitrogens with zero attached hydrogens (tertiary/aromatic N) is 1. The van der Waals surface area contributed by atoms with E-state index < -0.39 is 10.0 Å². The Morgan fingerprint density at radius 1 is 1.14 bits per heavy atom. The summed E-state index contributed by atoms with van der Waals surface area (Å²) in [5, 5.41) is 2.64. The highest BCUT2D eigenvalue weighted by Gasteiger charge is 2.21. The summed E-state index contributed by atoms with van der Waals surface area (Å²) in [5.41, 5.74) is 0.500. The topological polar surface area (TPSA) is 79.6 Å². The van der Waals surface area contributed by atoms with E-state index in [4.69, 9.17) is 4.42 Å². The number of hydrogen-bond donors (Lipinski definition) is 1. The van der Waals surface area contributed by atoms with Gasteiger partial charge in [-0.05, 0) is 36.4 Å². The smallest absolute Gasteiger partial charge is 0.291 e. The normalized spacial score (nSPS) is 11.6. The molecule has 1 aromatic heterocycles. The van der Waals surface area contributed by atoms with Gasteiger partial charge in [-0.15, -0.1) is 0 Å². The van der Waals surface area contributed by atoms with Crippen molar-refractivity contribution in [1.29, 1.82) is 0 Å². The Balaban J connectivity index is 2.15. The van der Waals surface area contributed by atoms with Gasteiger partial charge in [0.05, 0.1) is 11.2 Å². The highest BCUT2D eigenvalue weighted by Crippen LogP contribution is 2.18. The summed E-state index contributed by atoms with van der Waals surface area (Å²) in [4.78, 5) is 12.0. The van der Waals surface area contributed by atoms with Crippen molar-refractivity contribution >= 4 is 21.6 Å². The van der Waals surface area contributed by atoms with Crippen LogP contribution in [0.1, 0.15) is 24.4 Å². The first kappa shape index (κ1) is 16.3. The molecule has 2 rings (SSSR count). The van der Waals surface area contributed by atoms with Crippen LogP contribution < -0.4 is 5.32 Å². The molecule has 1 aromatic carbocycles. The number of hydrogen-bond acceptors (Lipinski definition) is 4. The molecule has 0 bridgehead atoms. The molecule has 118 valence electrons. The van der Waals surface area contributed by atoms with E-state index in [1.54, 1.807) is 38.1 Å². The Bertz CT molecular complexity index is 717. The number of anilines is 1. The average molecular weight is 322 g/mol. The Morgan fingerprint density at radius 3 is 2.27 bits per heavy atom. The summed E-state index contributed by atoms with van der Waals surface area (Å²) in [6.45, 7) is 4.41. The summed E-state index contributed by atoms with van der Waals surface area (Å²) in [7, 11) is -3.49. The third-order valence-electron chi connectivity index (χ3n) is 3.20. The molecule has 0 aliphatic carbocycles. The second-order valence-electron chi connectivity index (χ2n) is 4.55. The van der Waals surface area contributed by atoms with E-state index in [9.17, 15) is 13.2 Å². The molecule has 0 aliphatic heterocycles. The van der Waals surface area contributed by atoms with Crippen LogP contribution in [-0.2, 0) is 10.0 Å². The van der Waals surface area contributed by atoms with E-state index in [1.165, 1.54) is 22.7 Å². The van der Waals surface area contributed by atoms with Crippen molar-refractivity contribution in [2.75, 3.05) is 18.4 Å². The zero-order valence-electron chi connectivity index (χ0n) is 12.4. The van der Waals surface area contributed by atoms with Crippen molar-refractivity contribution in [3.63, 3.8) is 0 Å². The SMILES string of the molecule is CCN(CC)S(=O)(=O)c1ccc(NC(=O)c2ccco2)cc1. The maximum atomic E-state index is 12.3. The van der Waals surface area contributed by atoms with Gasteiger partial charge in [-0.2, -0.15) is 4.31 Å². The Morgan fingerprint density at radius 2 is 1.77 bits per heavy atom. The number of nitrogens with one attached hydrogen (secondary N) is 1. The molecule has 0 fully saturated rings. The molecule has 0 aliphatic rings. The third-order valence-corrected chi connectivity index (χ3v) is 5.26. The Labute approximate surface area is 129 Å². The van der Waals surface area contributed by atoms with E-state index >= 15 is 0 Å². The van der Waals surface area contributed by atoms with E-state index in [1.807, 2.05) is 0 Å². The molecule has 0 spiro atoms. The van der Waals surface area contributed by atoms with Gasteiger partial charge in [-0.3, -0.25) is 4.79 Å². The third kappa shape index (κ3) is 3.37. The largest absolute Gasteiger partial charge is 0.459 e. The minimum atomic E-state index is -3.49. The first-order valence-corrected chi connectivity index (χ1v) is 8.38. The number of amides is 1. The molecule has 0 saturated heterocycles. The summed E-state index contributed by atoms with van der Waals surface area (Å²) in [6, 6.07) is 9.23. The quantitative estimate of drug-likeness (QED) is 0.886. The molecule has 1 heterocycles. The van der Waals surface area contributed by atoms with Crippen LogP contribution in [0.3, 0.4) is 0 Å². The fraction of sp³-hybridized carbons (Fsp3) is 0.267. The van der Waals surface area contributed by atoms with Crippen molar-refractivity contribution in [1.82, 2.24) is 4.31 Å². The molecule has 0 saturated carbocycles. The summed E-state index contributed by atoms with van der Waals surface area (Å²) in [6.07, 6.45) is 1.41. The van der Waals surface area contributed by atoms with Crippen LogP contribution in [0, 0.1) is 0 Å². The molecule has 7 heteroatoms. The van der Waals surface area contributed by atoms with Crippen LogP contribution in [0.25, 0.3) is 0 Å². The van der Waals surface area contributed by atoms with Crippen LogP contribution in [0.2, 0.25) is 0 Å². The van der Waals surface area contributed by atoms with Gasteiger partial charge in [0.15, 0.2) is 5.76 Å². The molecule has 0 atom stereocenters. The molecular formula is C15H18N2O4S. The van der Waals surface area contributed by atoms with Crippen molar-refractivity contribution in [2.45, 2.75) is 18.7 Å². The van der Waals surface area contributed by atoms with Crippen LogP contribution in [-0.4, -0.2) is 31.7 Å². The summed E-state index contributed by atoms with van der Waals surface area (Å²) < 4.78 is 31.0. The number of sulfonamides is 1. The Kier molecular flexibility index (Phi) is 4.99. The lowest BCUT2D eigenvalue weighted by Crippen LogP contribution is -2.30. The van der Waals surface area contributed by atoms with Crippen molar-refractivity contribution in [3.05, 3.63) is 48.4 Å². The number of furan rings is 1. The van der Waals surface area contributed by atoms with Crippen molar-refractivity contribution < 1.29 is 17.6 Å². The second kappa shape index (κ2) is 6.76.